The minimum absolute atomic E-state index is 0.730. The van der Waals surface area contributed by atoms with Crippen molar-refractivity contribution in [2.24, 2.45) is 0 Å². The lowest BCUT2D eigenvalue weighted by molar-refractivity contribution is 1.24. The second-order valence-electron chi connectivity index (χ2n) is 13.4. The van der Waals surface area contributed by atoms with Gasteiger partial charge in [0.1, 0.15) is 4.83 Å². The van der Waals surface area contributed by atoms with Crippen LogP contribution in [0.5, 0.6) is 0 Å². The van der Waals surface area contributed by atoms with Crippen LogP contribution in [0.25, 0.3) is 98.2 Å². The summed E-state index contributed by atoms with van der Waals surface area (Å²) < 4.78 is 1.22. The van der Waals surface area contributed by atoms with Crippen molar-refractivity contribution in [2.45, 2.75) is 0 Å². The standard InChI is InChI=1S/C50H32N2S/c1-3-14-33(15-4-1)40-30-41(34-16-5-2-6-17-34)32-42(31-40)38-22-11-20-36(28-38)37-21-12-23-39(29-37)49-51-48(44-26-13-19-35-18-7-8-24-43(35)44)47-45-25-9-10-27-46(45)53-50(47)52-49/h1-32H. The fourth-order valence-electron chi connectivity index (χ4n) is 7.48. The summed E-state index contributed by atoms with van der Waals surface area (Å²) in [5.41, 5.74) is 12.5. The third-order valence-corrected chi connectivity index (χ3v) is 11.1. The molecule has 0 spiro atoms. The highest BCUT2D eigenvalue weighted by molar-refractivity contribution is 7.25. The van der Waals surface area contributed by atoms with Gasteiger partial charge in [-0.3, -0.25) is 0 Å². The fraction of sp³-hybridized carbons (Fsp3) is 0. The Bertz CT molecular complexity index is 2880. The molecule has 3 heteroatoms. The highest BCUT2D eigenvalue weighted by Gasteiger charge is 2.18. The molecular weight excluding hydrogens is 661 g/mol. The van der Waals surface area contributed by atoms with Gasteiger partial charge in [0.05, 0.1) is 5.69 Å². The van der Waals surface area contributed by atoms with Crippen LogP contribution in [0.1, 0.15) is 0 Å². The van der Waals surface area contributed by atoms with Gasteiger partial charge in [-0.05, 0) is 91.7 Å². The van der Waals surface area contributed by atoms with Gasteiger partial charge in [-0.1, -0.05) is 158 Å². The van der Waals surface area contributed by atoms with Gasteiger partial charge in [0.25, 0.3) is 0 Å². The molecule has 0 aliphatic heterocycles. The Kier molecular flexibility index (Phi) is 7.71. The summed E-state index contributed by atoms with van der Waals surface area (Å²) in [6, 6.07) is 69.3. The summed E-state index contributed by atoms with van der Waals surface area (Å²) in [4.78, 5) is 11.6. The van der Waals surface area contributed by atoms with Gasteiger partial charge in [-0.2, -0.15) is 0 Å². The second-order valence-corrected chi connectivity index (χ2v) is 14.4. The third kappa shape index (κ3) is 5.78. The van der Waals surface area contributed by atoms with E-state index in [9.17, 15) is 0 Å². The molecule has 0 fully saturated rings. The number of aromatic nitrogens is 2. The van der Waals surface area contributed by atoms with E-state index in [-0.39, 0.29) is 0 Å². The van der Waals surface area contributed by atoms with E-state index in [2.05, 4.69) is 194 Å². The number of thiophene rings is 1. The highest BCUT2D eigenvalue weighted by atomic mass is 32.1. The van der Waals surface area contributed by atoms with Crippen LogP contribution < -0.4 is 0 Å². The zero-order valence-corrected chi connectivity index (χ0v) is 29.6. The molecule has 0 N–H and O–H groups in total. The fourth-order valence-corrected chi connectivity index (χ4v) is 8.56. The summed E-state index contributed by atoms with van der Waals surface area (Å²) in [6.45, 7) is 0. The van der Waals surface area contributed by atoms with Gasteiger partial charge < -0.3 is 0 Å². The lowest BCUT2D eigenvalue weighted by atomic mass is 9.92. The topological polar surface area (TPSA) is 25.8 Å². The van der Waals surface area contributed by atoms with Crippen LogP contribution in [0.15, 0.2) is 194 Å². The first-order chi connectivity index (χ1) is 26.2. The van der Waals surface area contributed by atoms with E-state index in [1.807, 2.05) is 0 Å². The summed E-state index contributed by atoms with van der Waals surface area (Å²) in [6.07, 6.45) is 0. The maximum absolute atomic E-state index is 5.39. The normalized spacial score (nSPS) is 11.4. The van der Waals surface area contributed by atoms with Crippen molar-refractivity contribution in [1.29, 1.82) is 0 Å². The van der Waals surface area contributed by atoms with Crippen molar-refractivity contribution in [3.05, 3.63) is 194 Å². The van der Waals surface area contributed by atoms with Crippen LogP contribution in [0.3, 0.4) is 0 Å². The molecule has 2 heterocycles. The molecule has 0 unspecified atom stereocenters. The first-order valence-electron chi connectivity index (χ1n) is 17.9. The molecule has 10 aromatic rings. The predicted molar refractivity (Wildman–Crippen MR) is 225 cm³/mol. The Morgan fingerprint density at radius 2 is 0.811 bits per heavy atom. The van der Waals surface area contributed by atoms with Crippen molar-refractivity contribution < 1.29 is 0 Å². The van der Waals surface area contributed by atoms with Gasteiger partial charge in [-0.15, -0.1) is 11.3 Å². The Hall–Kier alpha value is -6.68. The maximum Gasteiger partial charge on any atom is 0.161 e. The van der Waals surface area contributed by atoms with Gasteiger partial charge in [0.2, 0.25) is 0 Å². The lowest BCUT2D eigenvalue weighted by Crippen LogP contribution is -1.94. The van der Waals surface area contributed by atoms with E-state index in [0.717, 1.165) is 44.0 Å². The molecule has 0 atom stereocenters. The summed E-state index contributed by atoms with van der Waals surface area (Å²) >= 11 is 1.73. The average molecular weight is 693 g/mol. The summed E-state index contributed by atoms with van der Waals surface area (Å²) in [5, 5.41) is 4.69. The van der Waals surface area contributed by atoms with Crippen molar-refractivity contribution in [3.63, 3.8) is 0 Å². The molecule has 10 rings (SSSR count). The molecule has 0 amide bonds. The number of nitrogens with zero attached hydrogens (tertiary/aromatic N) is 2. The van der Waals surface area contributed by atoms with E-state index in [1.54, 1.807) is 11.3 Å². The van der Waals surface area contributed by atoms with E-state index in [4.69, 9.17) is 9.97 Å². The number of fused-ring (bicyclic) bond motifs is 4. The number of hydrogen-bond acceptors (Lipinski definition) is 3. The van der Waals surface area contributed by atoms with Crippen LogP contribution in [0.2, 0.25) is 0 Å². The Balaban J connectivity index is 1.10. The largest absolute Gasteiger partial charge is 0.227 e. The molecule has 8 aromatic carbocycles. The molecule has 0 saturated carbocycles. The lowest BCUT2D eigenvalue weighted by Gasteiger charge is -2.13. The first-order valence-corrected chi connectivity index (χ1v) is 18.7. The molecule has 2 aromatic heterocycles. The Morgan fingerprint density at radius 1 is 0.340 bits per heavy atom. The van der Waals surface area contributed by atoms with E-state index in [1.165, 1.54) is 54.2 Å². The van der Waals surface area contributed by atoms with Crippen LogP contribution >= 0.6 is 11.3 Å². The van der Waals surface area contributed by atoms with Crippen molar-refractivity contribution in [1.82, 2.24) is 9.97 Å². The molecule has 53 heavy (non-hydrogen) atoms. The highest BCUT2D eigenvalue weighted by Crippen LogP contribution is 2.42. The first kappa shape index (κ1) is 31.1. The minimum Gasteiger partial charge on any atom is -0.227 e. The molecule has 2 nitrogen and oxygen atoms in total. The summed E-state index contributed by atoms with van der Waals surface area (Å²) in [7, 11) is 0. The zero-order valence-electron chi connectivity index (χ0n) is 28.8. The number of benzene rings is 8. The van der Waals surface area contributed by atoms with Gasteiger partial charge >= 0.3 is 0 Å². The van der Waals surface area contributed by atoms with Crippen molar-refractivity contribution in [2.75, 3.05) is 0 Å². The predicted octanol–water partition coefficient (Wildman–Crippen LogP) is 14.0. The molecular formula is C50H32N2S. The second kappa shape index (κ2) is 13.1. The van der Waals surface area contributed by atoms with Crippen LogP contribution in [0.4, 0.5) is 0 Å². The van der Waals surface area contributed by atoms with Gasteiger partial charge in [0, 0.05) is 26.6 Å². The molecule has 0 radical (unpaired) electrons. The minimum atomic E-state index is 0.730. The average Bonchev–Trinajstić information content (AvgIpc) is 3.62. The SMILES string of the molecule is c1ccc(-c2cc(-c3ccccc3)cc(-c3cccc(-c4cccc(-c5nc(-c6cccc7ccccc67)c6c(n5)sc5ccccc56)c4)c3)c2)cc1. The van der Waals surface area contributed by atoms with Crippen LogP contribution in [-0.2, 0) is 0 Å². The third-order valence-electron chi connectivity index (χ3n) is 10.1. The monoisotopic (exact) mass is 692 g/mol. The molecule has 0 bridgehead atoms. The van der Waals surface area contributed by atoms with Gasteiger partial charge in [-0.25, -0.2) is 9.97 Å². The van der Waals surface area contributed by atoms with Crippen molar-refractivity contribution in [3.8, 4) is 67.2 Å². The molecule has 0 saturated heterocycles. The van der Waals surface area contributed by atoms with Crippen molar-refractivity contribution >= 4 is 42.4 Å². The molecule has 248 valence electrons. The molecule has 0 aliphatic carbocycles. The summed E-state index contributed by atoms with van der Waals surface area (Å²) in [5.74, 6) is 0.730. The molecule has 0 aliphatic rings. The maximum atomic E-state index is 5.39. The van der Waals surface area contributed by atoms with E-state index in [0.29, 0.717) is 0 Å². The van der Waals surface area contributed by atoms with Crippen LogP contribution in [-0.4, -0.2) is 9.97 Å². The number of rotatable bonds is 6. The van der Waals surface area contributed by atoms with Gasteiger partial charge in [0.15, 0.2) is 5.82 Å². The van der Waals surface area contributed by atoms with E-state index >= 15 is 0 Å². The van der Waals surface area contributed by atoms with E-state index < -0.39 is 0 Å². The smallest absolute Gasteiger partial charge is 0.161 e. The Labute approximate surface area is 312 Å². The van der Waals surface area contributed by atoms with Crippen LogP contribution in [0, 0.1) is 0 Å². The Morgan fingerprint density at radius 3 is 1.51 bits per heavy atom. The zero-order chi connectivity index (χ0) is 35.1. The number of hydrogen-bond donors (Lipinski definition) is 0. The quantitative estimate of drug-likeness (QED) is 0.173.